The molecule has 2 aromatic carbocycles. The Morgan fingerprint density at radius 2 is 1.72 bits per heavy atom. The first-order chi connectivity index (χ1) is 12.0. The van der Waals surface area contributed by atoms with Crippen LogP contribution in [0.3, 0.4) is 0 Å². The van der Waals surface area contributed by atoms with Crippen molar-refractivity contribution in [1.29, 1.82) is 0 Å². The largest absolute Gasteiger partial charge is 0.497 e. The van der Waals surface area contributed by atoms with Gasteiger partial charge >= 0.3 is 0 Å². The Hall–Kier alpha value is -2.71. The van der Waals surface area contributed by atoms with Crippen LogP contribution in [0.1, 0.15) is 11.5 Å². The zero-order valence-electron chi connectivity index (χ0n) is 13.8. The molecule has 0 unspecified atom stereocenters. The molecule has 8 heteroatoms. The summed E-state index contributed by atoms with van der Waals surface area (Å²) < 4.78 is 37.5. The molecule has 3 rings (SSSR count). The van der Waals surface area contributed by atoms with Crippen LogP contribution >= 0.6 is 0 Å². The summed E-state index contributed by atoms with van der Waals surface area (Å²) in [4.78, 5) is 0.131. The van der Waals surface area contributed by atoms with Gasteiger partial charge in [-0.05, 0) is 43.3 Å². The summed E-state index contributed by atoms with van der Waals surface area (Å²) in [6.07, 6.45) is 0. The first-order valence-electron chi connectivity index (χ1n) is 7.51. The molecule has 130 valence electrons. The Morgan fingerprint density at radius 3 is 2.36 bits per heavy atom. The third-order valence-electron chi connectivity index (χ3n) is 3.55. The summed E-state index contributed by atoms with van der Waals surface area (Å²) >= 11 is 0. The first kappa shape index (κ1) is 17.1. The Bertz CT molecular complexity index is 948. The van der Waals surface area contributed by atoms with Gasteiger partial charge in [0.1, 0.15) is 5.75 Å². The fraction of sp³-hybridized carbons (Fsp3) is 0.176. The minimum atomic E-state index is -3.68. The van der Waals surface area contributed by atoms with Crippen LogP contribution in [0.4, 0.5) is 0 Å². The molecular weight excluding hydrogens is 342 g/mol. The van der Waals surface area contributed by atoms with Crippen molar-refractivity contribution in [2.24, 2.45) is 0 Å². The summed E-state index contributed by atoms with van der Waals surface area (Å²) in [5.74, 6) is 1.12. The zero-order chi connectivity index (χ0) is 17.9. The average molecular weight is 359 g/mol. The lowest BCUT2D eigenvalue weighted by atomic mass is 10.1. The molecular formula is C17H17N3O4S. The monoisotopic (exact) mass is 359 g/mol. The highest BCUT2D eigenvalue weighted by atomic mass is 32.2. The second-order valence-corrected chi connectivity index (χ2v) is 7.13. The molecule has 0 fully saturated rings. The number of ether oxygens (including phenoxy) is 1. The van der Waals surface area contributed by atoms with Crippen molar-refractivity contribution in [2.45, 2.75) is 18.4 Å². The van der Waals surface area contributed by atoms with E-state index in [4.69, 9.17) is 9.15 Å². The van der Waals surface area contributed by atoms with E-state index in [9.17, 15) is 8.42 Å². The normalized spacial score (nSPS) is 11.4. The van der Waals surface area contributed by atoms with E-state index in [2.05, 4.69) is 14.9 Å². The van der Waals surface area contributed by atoms with E-state index in [1.165, 1.54) is 19.2 Å². The Labute approximate surface area is 145 Å². The van der Waals surface area contributed by atoms with Gasteiger partial charge in [-0.3, -0.25) is 0 Å². The number of hydrogen-bond acceptors (Lipinski definition) is 6. The molecule has 0 aliphatic rings. The van der Waals surface area contributed by atoms with E-state index in [1.54, 1.807) is 12.1 Å². The van der Waals surface area contributed by atoms with E-state index in [1.807, 2.05) is 31.2 Å². The maximum atomic E-state index is 12.3. The van der Waals surface area contributed by atoms with Crippen LogP contribution in [0, 0.1) is 6.92 Å². The van der Waals surface area contributed by atoms with Gasteiger partial charge in [0.2, 0.25) is 21.8 Å². The number of nitrogens with zero attached hydrogens (tertiary/aromatic N) is 2. The van der Waals surface area contributed by atoms with E-state index in [0.717, 1.165) is 11.1 Å². The predicted molar refractivity (Wildman–Crippen MR) is 91.5 cm³/mol. The molecule has 0 amide bonds. The van der Waals surface area contributed by atoms with Crippen molar-refractivity contribution < 1.29 is 17.6 Å². The number of nitrogens with one attached hydrogen (secondary N) is 1. The van der Waals surface area contributed by atoms with E-state index < -0.39 is 10.0 Å². The summed E-state index contributed by atoms with van der Waals surface area (Å²) in [7, 11) is -2.16. The second-order valence-electron chi connectivity index (χ2n) is 5.37. The molecule has 1 aromatic heterocycles. The zero-order valence-corrected chi connectivity index (χ0v) is 14.6. The number of rotatable bonds is 6. The van der Waals surface area contributed by atoms with Crippen LogP contribution in [0.2, 0.25) is 0 Å². The highest BCUT2D eigenvalue weighted by Gasteiger charge is 2.16. The van der Waals surface area contributed by atoms with Gasteiger partial charge in [0.15, 0.2) is 0 Å². The highest BCUT2D eigenvalue weighted by molar-refractivity contribution is 7.89. The quantitative estimate of drug-likeness (QED) is 0.727. The van der Waals surface area contributed by atoms with Crippen molar-refractivity contribution >= 4 is 10.0 Å². The van der Waals surface area contributed by atoms with Gasteiger partial charge in [-0.1, -0.05) is 17.7 Å². The van der Waals surface area contributed by atoms with E-state index in [-0.39, 0.29) is 17.3 Å². The van der Waals surface area contributed by atoms with Gasteiger partial charge in [-0.2, -0.15) is 0 Å². The standard InChI is InChI=1S/C17H17N3O4S/c1-12-3-5-13(6-4-12)17-20-19-16(24-17)11-18-25(21,22)15-9-7-14(23-2)8-10-15/h3-10,18H,11H2,1-2H3. The van der Waals surface area contributed by atoms with Crippen LogP contribution in [0.5, 0.6) is 5.75 Å². The van der Waals surface area contributed by atoms with Gasteiger partial charge in [-0.15, -0.1) is 10.2 Å². The fourth-order valence-corrected chi connectivity index (χ4v) is 3.11. The van der Waals surface area contributed by atoms with Crippen LogP contribution in [-0.4, -0.2) is 25.7 Å². The van der Waals surface area contributed by atoms with Crippen molar-refractivity contribution in [3.05, 3.63) is 60.0 Å². The lowest BCUT2D eigenvalue weighted by Crippen LogP contribution is -2.23. The van der Waals surface area contributed by atoms with Crippen molar-refractivity contribution in [3.63, 3.8) is 0 Å². The molecule has 0 saturated carbocycles. The lowest BCUT2D eigenvalue weighted by Gasteiger charge is -2.05. The van der Waals surface area contributed by atoms with Crippen molar-refractivity contribution in [1.82, 2.24) is 14.9 Å². The fourth-order valence-electron chi connectivity index (χ4n) is 2.13. The number of aromatic nitrogens is 2. The first-order valence-corrected chi connectivity index (χ1v) is 8.99. The summed E-state index contributed by atoms with van der Waals surface area (Å²) in [6, 6.07) is 13.7. The van der Waals surface area contributed by atoms with Gasteiger partial charge in [0, 0.05) is 5.56 Å². The molecule has 1 N–H and O–H groups in total. The summed E-state index contributed by atoms with van der Waals surface area (Å²) in [6.45, 7) is 1.89. The summed E-state index contributed by atoms with van der Waals surface area (Å²) in [5, 5.41) is 7.82. The van der Waals surface area contributed by atoms with Crippen LogP contribution in [0.25, 0.3) is 11.5 Å². The van der Waals surface area contributed by atoms with Crippen molar-refractivity contribution in [2.75, 3.05) is 7.11 Å². The molecule has 0 aliphatic carbocycles. The maximum Gasteiger partial charge on any atom is 0.247 e. The smallest absolute Gasteiger partial charge is 0.247 e. The van der Waals surface area contributed by atoms with Crippen LogP contribution < -0.4 is 9.46 Å². The molecule has 0 bridgehead atoms. The molecule has 1 heterocycles. The third-order valence-corrected chi connectivity index (χ3v) is 4.97. The van der Waals surface area contributed by atoms with Crippen LogP contribution in [-0.2, 0) is 16.6 Å². The van der Waals surface area contributed by atoms with Gasteiger partial charge < -0.3 is 9.15 Å². The van der Waals surface area contributed by atoms with Crippen LogP contribution in [0.15, 0.2) is 57.8 Å². The SMILES string of the molecule is COc1ccc(S(=O)(=O)NCc2nnc(-c3ccc(C)cc3)o2)cc1. The molecule has 0 spiro atoms. The van der Waals surface area contributed by atoms with Gasteiger partial charge in [0.25, 0.3) is 0 Å². The Kier molecular flexibility index (Phi) is 4.82. The second kappa shape index (κ2) is 7.04. The number of aryl methyl sites for hydroxylation is 1. The molecule has 25 heavy (non-hydrogen) atoms. The van der Waals surface area contributed by atoms with Gasteiger partial charge in [-0.25, -0.2) is 13.1 Å². The highest BCUT2D eigenvalue weighted by Crippen LogP contribution is 2.19. The number of benzene rings is 2. The molecule has 0 radical (unpaired) electrons. The van der Waals surface area contributed by atoms with E-state index in [0.29, 0.717) is 11.6 Å². The van der Waals surface area contributed by atoms with Crippen molar-refractivity contribution in [3.8, 4) is 17.2 Å². The maximum absolute atomic E-state index is 12.3. The predicted octanol–water partition coefficient (Wildman–Crippen LogP) is 2.53. The summed E-state index contributed by atoms with van der Waals surface area (Å²) in [5.41, 5.74) is 1.90. The lowest BCUT2D eigenvalue weighted by molar-refractivity contribution is 0.414. The minimum Gasteiger partial charge on any atom is -0.497 e. The molecule has 0 aliphatic heterocycles. The molecule has 0 atom stereocenters. The number of methoxy groups -OCH3 is 1. The minimum absolute atomic E-state index is 0.0901. The molecule has 7 nitrogen and oxygen atoms in total. The topological polar surface area (TPSA) is 94.3 Å². The number of sulfonamides is 1. The Balaban J connectivity index is 1.69. The van der Waals surface area contributed by atoms with E-state index >= 15 is 0 Å². The Morgan fingerprint density at radius 1 is 1.04 bits per heavy atom. The average Bonchev–Trinajstić information content (AvgIpc) is 3.10. The number of hydrogen-bond donors (Lipinski definition) is 1. The van der Waals surface area contributed by atoms with Gasteiger partial charge in [0.05, 0.1) is 18.6 Å². The third kappa shape index (κ3) is 4.04. The molecule has 3 aromatic rings. The molecule has 0 saturated heterocycles.